The zero-order valence-electron chi connectivity index (χ0n) is 54.2. The van der Waals surface area contributed by atoms with Gasteiger partial charge in [-0.3, -0.25) is 19.4 Å². The Balaban J connectivity index is -0.00000144. The van der Waals surface area contributed by atoms with Crippen LogP contribution < -0.4 is 0 Å². The van der Waals surface area contributed by atoms with E-state index in [9.17, 15) is 19.8 Å². The van der Waals surface area contributed by atoms with Gasteiger partial charge in [-0.2, -0.15) is 25.3 Å². The number of hydrogen-bond acceptors (Lipinski definition) is 6. The first kappa shape index (κ1) is 83.4. The van der Waals surface area contributed by atoms with Gasteiger partial charge in [0.05, 0.1) is 0 Å². The Kier molecular flexibility index (Phi) is 76.5. The summed E-state index contributed by atoms with van der Waals surface area (Å²) in [6, 6.07) is -0.866. The predicted molar refractivity (Wildman–Crippen MR) is 355 cm³/mol. The van der Waals surface area contributed by atoms with E-state index >= 15 is 0 Å². The van der Waals surface area contributed by atoms with E-state index in [2.05, 4.69) is 62.8 Å². The molecule has 2 N–H and O–H groups in total. The molecule has 0 aromatic rings. The zero-order valence-corrected chi connectivity index (χ0v) is 59.0. The Hall–Kier alpha value is 0.183. The Bertz CT molecular complexity index is 1000. The molecule has 0 bridgehead atoms. The summed E-state index contributed by atoms with van der Waals surface area (Å²) in [6.45, 7) is 12.8. The van der Waals surface area contributed by atoms with E-state index in [1.54, 1.807) is 0 Å². The fourth-order valence-corrected chi connectivity index (χ4v) is 12.4. The van der Waals surface area contributed by atoms with Crippen molar-refractivity contribution in [3.05, 3.63) is 0 Å². The van der Waals surface area contributed by atoms with Crippen LogP contribution in [0.15, 0.2) is 0 Å². The van der Waals surface area contributed by atoms with E-state index in [4.69, 9.17) is 0 Å². The summed E-state index contributed by atoms with van der Waals surface area (Å²) in [7, 11) is 0. The number of rotatable bonds is 66. The molecule has 0 amide bonds. The first-order valence-corrected chi connectivity index (χ1v) is 36.8. The molecular weight excluding hydrogens is 1060 g/mol. The van der Waals surface area contributed by atoms with Crippen molar-refractivity contribution >= 4 is 37.2 Å². The van der Waals surface area contributed by atoms with Crippen LogP contribution in [0.3, 0.4) is 0 Å². The summed E-state index contributed by atoms with van der Waals surface area (Å²) in [4.78, 5) is 28.0. The molecule has 0 fully saturated rings. The number of unbranched alkanes of at least 4 members (excludes halogenated alkanes) is 52. The molecule has 0 aliphatic heterocycles. The zero-order chi connectivity index (χ0) is 57.3. The molecule has 0 rings (SSSR count). The van der Waals surface area contributed by atoms with Crippen LogP contribution in [0, 0.1) is 0 Å². The van der Waals surface area contributed by atoms with E-state index in [0.29, 0.717) is 11.5 Å². The summed E-state index contributed by atoms with van der Waals surface area (Å²) in [5.41, 5.74) is 0. The number of thiol groups is 2. The smallest absolute Gasteiger partial charge is 0.321 e. The molecule has 0 aliphatic carbocycles. The molecule has 470 valence electrons. The molecule has 0 saturated carbocycles. The molecule has 6 nitrogen and oxygen atoms in total. The molecule has 2 atom stereocenters. The first-order chi connectivity index (χ1) is 38.3. The fraction of sp³-hybridized carbons (Fsp3) is 0.971. The van der Waals surface area contributed by atoms with Crippen LogP contribution >= 0.6 is 25.3 Å². The van der Waals surface area contributed by atoms with Crippen molar-refractivity contribution in [3.63, 3.8) is 0 Å². The van der Waals surface area contributed by atoms with Gasteiger partial charge >= 0.3 is 11.9 Å². The molecule has 9 heteroatoms. The van der Waals surface area contributed by atoms with Gasteiger partial charge in [0.15, 0.2) is 0 Å². The number of carboxylic acid groups (broad SMARTS) is 2. The van der Waals surface area contributed by atoms with Crippen LogP contribution in [0.25, 0.3) is 0 Å². The topological polar surface area (TPSA) is 81.1 Å². The van der Waals surface area contributed by atoms with E-state index in [0.717, 1.165) is 51.9 Å². The molecule has 0 unspecified atom stereocenters. The van der Waals surface area contributed by atoms with Gasteiger partial charge in [-0.05, 0) is 51.9 Å². The quantitative estimate of drug-likeness (QED) is 0.0276. The molecule has 0 spiro atoms. The predicted octanol–water partition coefficient (Wildman–Crippen LogP) is 23.3. The average molecular weight is 1210 g/mol. The van der Waals surface area contributed by atoms with Crippen LogP contribution in [0.1, 0.15) is 387 Å². The minimum atomic E-state index is -0.708. The number of hydrogen-bond donors (Lipinski definition) is 4. The van der Waals surface area contributed by atoms with Crippen LogP contribution in [0.2, 0.25) is 0 Å². The molecular formula is C70H142N2O4S2Zn. The molecule has 0 aromatic carbocycles. The van der Waals surface area contributed by atoms with Gasteiger partial charge < -0.3 is 10.2 Å². The Morgan fingerprint density at radius 1 is 0.253 bits per heavy atom. The van der Waals surface area contributed by atoms with Crippen molar-refractivity contribution in [2.24, 2.45) is 0 Å². The van der Waals surface area contributed by atoms with Crippen LogP contribution in [-0.2, 0) is 29.1 Å². The maximum Gasteiger partial charge on any atom is 0.321 e. The van der Waals surface area contributed by atoms with E-state index in [1.165, 1.54) is 334 Å². The van der Waals surface area contributed by atoms with Gasteiger partial charge in [0, 0.05) is 31.0 Å². The van der Waals surface area contributed by atoms with Crippen molar-refractivity contribution in [2.45, 2.75) is 399 Å². The van der Waals surface area contributed by atoms with Gasteiger partial charge in [0.1, 0.15) is 12.1 Å². The molecule has 0 radical (unpaired) electrons. The van der Waals surface area contributed by atoms with Crippen molar-refractivity contribution in [1.82, 2.24) is 9.80 Å². The number of carboxylic acids is 2. The van der Waals surface area contributed by atoms with Gasteiger partial charge in [0.2, 0.25) is 0 Å². The van der Waals surface area contributed by atoms with Crippen molar-refractivity contribution in [1.29, 1.82) is 0 Å². The minimum Gasteiger partial charge on any atom is -0.480 e. The van der Waals surface area contributed by atoms with Crippen LogP contribution in [0.5, 0.6) is 0 Å². The van der Waals surface area contributed by atoms with E-state index in [-0.39, 0.29) is 19.5 Å². The summed E-state index contributed by atoms with van der Waals surface area (Å²) in [5.74, 6) is -0.597. The maximum atomic E-state index is 11.8. The first-order valence-electron chi connectivity index (χ1n) is 35.5. The Morgan fingerprint density at radius 3 is 0.468 bits per heavy atom. The molecule has 0 aliphatic rings. The summed E-state index contributed by atoms with van der Waals surface area (Å²) >= 11 is 8.73. The summed E-state index contributed by atoms with van der Waals surface area (Å²) in [5, 5.41) is 19.4. The second-order valence-electron chi connectivity index (χ2n) is 24.5. The van der Waals surface area contributed by atoms with Gasteiger partial charge in [-0.1, -0.05) is 362 Å². The van der Waals surface area contributed by atoms with Crippen molar-refractivity contribution in [2.75, 3.05) is 37.7 Å². The SMILES string of the molecule is CCCCCCCCCCCCCCCCN(CCCCCCCCCCCCCCCC)[C@@H](CS)C(=O)O.CCCCCCCCCCCCCCCCN(CCCCCCCCCCCCCCCC)[C@@H](CS)C(=O)O.[Zn]. The number of carbonyl (C=O) groups is 2. The second-order valence-corrected chi connectivity index (χ2v) is 25.3. The standard InChI is InChI=1S/2C35H71NO2S.Zn/c2*1-3-5-7-9-11-13-15-17-19-21-23-25-27-29-31-36(34(33-39)35(37)38)32-30-28-26-24-22-20-18-16-14-12-10-8-6-4-2;/h2*34,39H,3-33H2,1-2H3,(H,37,38);/t2*34-;/m00./s1. The number of aliphatic carboxylic acids is 2. The molecule has 79 heavy (non-hydrogen) atoms. The van der Waals surface area contributed by atoms with Gasteiger partial charge in [-0.25, -0.2) is 0 Å². The third-order valence-corrected chi connectivity index (χ3v) is 17.7. The molecule has 0 saturated heterocycles. The van der Waals surface area contributed by atoms with E-state index in [1.807, 2.05) is 0 Å². The minimum absolute atomic E-state index is 0. The van der Waals surface area contributed by atoms with E-state index < -0.39 is 24.0 Å². The van der Waals surface area contributed by atoms with Gasteiger partial charge in [-0.15, -0.1) is 0 Å². The van der Waals surface area contributed by atoms with Crippen LogP contribution in [0.4, 0.5) is 0 Å². The summed E-state index contributed by atoms with van der Waals surface area (Å²) in [6.07, 6.45) is 76.1. The van der Waals surface area contributed by atoms with Crippen LogP contribution in [-0.4, -0.2) is 81.7 Å². The molecule has 0 heterocycles. The monoisotopic (exact) mass is 1200 g/mol. The second kappa shape index (κ2) is 72.4. The largest absolute Gasteiger partial charge is 0.480 e. The van der Waals surface area contributed by atoms with Gasteiger partial charge in [0.25, 0.3) is 0 Å². The summed E-state index contributed by atoms with van der Waals surface area (Å²) < 4.78 is 0. The fourth-order valence-electron chi connectivity index (χ4n) is 11.6. The third-order valence-electron chi connectivity index (χ3n) is 17.0. The third kappa shape index (κ3) is 64.0. The molecule has 0 aromatic heterocycles. The number of nitrogens with zero attached hydrogens (tertiary/aromatic N) is 2. The Morgan fingerprint density at radius 2 is 0.367 bits per heavy atom. The van der Waals surface area contributed by atoms with Crippen molar-refractivity contribution in [3.8, 4) is 0 Å². The Labute approximate surface area is 520 Å². The average Bonchev–Trinajstić information content (AvgIpc) is 3.43. The normalized spacial score (nSPS) is 12.3. The van der Waals surface area contributed by atoms with Crippen molar-refractivity contribution < 1.29 is 39.3 Å². The maximum absolute atomic E-state index is 11.8.